The van der Waals surface area contributed by atoms with Gasteiger partial charge in [-0.25, -0.2) is 13.6 Å². The van der Waals surface area contributed by atoms with Gasteiger partial charge in [0, 0.05) is 52.8 Å². The highest BCUT2D eigenvalue weighted by molar-refractivity contribution is 7.18. The maximum atomic E-state index is 15.6. The fourth-order valence-corrected chi connectivity index (χ4v) is 6.15. The van der Waals surface area contributed by atoms with E-state index in [9.17, 15) is 14.3 Å². The van der Waals surface area contributed by atoms with E-state index in [1.54, 1.807) is 34.0 Å². The molecule has 7 nitrogen and oxygen atoms in total. The highest BCUT2D eigenvalue weighted by Gasteiger charge is 2.41. The van der Waals surface area contributed by atoms with Gasteiger partial charge < -0.3 is 15.7 Å². The molecular weight excluding hydrogens is 508 g/mol. The highest BCUT2D eigenvalue weighted by Crippen LogP contribution is 2.43. The molecule has 1 amide bonds. The summed E-state index contributed by atoms with van der Waals surface area (Å²) in [6.07, 6.45) is 4.86. The summed E-state index contributed by atoms with van der Waals surface area (Å²) in [4.78, 5) is 19.2. The summed E-state index contributed by atoms with van der Waals surface area (Å²) in [5.41, 5.74) is 6.91. The maximum Gasteiger partial charge on any atom is 0.264 e. The van der Waals surface area contributed by atoms with E-state index in [2.05, 4.69) is 9.94 Å². The van der Waals surface area contributed by atoms with Crippen LogP contribution in [0.4, 0.5) is 14.5 Å². The maximum absolute atomic E-state index is 15.6. The molecule has 0 spiro atoms. The minimum atomic E-state index is -0.752. The van der Waals surface area contributed by atoms with E-state index in [4.69, 9.17) is 12.3 Å². The molecule has 2 aromatic carbocycles. The Morgan fingerprint density at radius 3 is 2.74 bits per heavy atom. The fourth-order valence-electron chi connectivity index (χ4n) is 4.98. The van der Waals surface area contributed by atoms with Crippen LogP contribution in [0.3, 0.4) is 0 Å². The van der Waals surface area contributed by atoms with Crippen molar-refractivity contribution in [1.29, 1.82) is 0 Å². The van der Waals surface area contributed by atoms with E-state index >= 15 is 4.39 Å². The van der Waals surface area contributed by atoms with Gasteiger partial charge in [-0.15, -0.1) is 11.3 Å². The predicted molar refractivity (Wildman–Crippen MR) is 142 cm³/mol. The van der Waals surface area contributed by atoms with Gasteiger partial charge in [0.15, 0.2) is 0 Å². The smallest absolute Gasteiger partial charge is 0.264 e. The van der Waals surface area contributed by atoms with Crippen molar-refractivity contribution in [3.8, 4) is 21.6 Å². The number of likely N-dealkylation sites (tertiary alicyclic amines) is 1. The lowest BCUT2D eigenvalue weighted by Gasteiger charge is -2.30. The number of aliphatic hydroxyl groups is 1. The van der Waals surface area contributed by atoms with Gasteiger partial charge in [-0.1, -0.05) is 12.1 Å². The molecular formula is C28H25F2N5O2S. The lowest BCUT2D eigenvalue weighted by molar-refractivity contribution is 0.0713. The first-order valence-electron chi connectivity index (χ1n) is 12.5. The molecule has 0 unspecified atom stereocenters. The van der Waals surface area contributed by atoms with E-state index in [-0.39, 0.29) is 23.2 Å². The summed E-state index contributed by atoms with van der Waals surface area (Å²) in [6, 6.07) is 8.84. The van der Waals surface area contributed by atoms with Gasteiger partial charge in [-0.3, -0.25) is 9.48 Å². The Hall–Kier alpha value is -3.65. The largest absolute Gasteiger partial charge is 0.388 e. The normalized spacial score (nSPS) is 18.5. The average Bonchev–Trinajstić information content (AvgIpc) is 3.28. The van der Waals surface area contributed by atoms with Crippen molar-refractivity contribution in [2.75, 3.05) is 13.1 Å². The molecule has 3 heterocycles. The number of carbonyl (C=O) groups is 1. The van der Waals surface area contributed by atoms with Crippen molar-refractivity contribution in [1.82, 2.24) is 14.7 Å². The van der Waals surface area contributed by atoms with Gasteiger partial charge in [0.05, 0.1) is 29.1 Å². The first kappa shape index (κ1) is 24.7. The molecule has 0 bridgehead atoms. The molecule has 6 rings (SSSR count). The minimum Gasteiger partial charge on any atom is -0.388 e. The van der Waals surface area contributed by atoms with Crippen LogP contribution in [0, 0.1) is 18.2 Å². The van der Waals surface area contributed by atoms with Gasteiger partial charge in [0.1, 0.15) is 11.6 Å². The third kappa shape index (κ3) is 4.58. The van der Waals surface area contributed by atoms with Crippen LogP contribution < -0.4 is 5.73 Å². The first-order valence-corrected chi connectivity index (χ1v) is 13.3. The van der Waals surface area contributed by atoms with Gasteiger partial charge in [-0.2, -0.15) is 5.10 Å². The average molecular weight is 534 g/mol. The molecule has 3 N–H and O–H groups in total. The Labute approximate surface area is 221 Å². The standard InChI is InChI=1S/C28H25F2N5O2S/c1-32-23-5-4-16(10-22(23)30)19-11-25(27(36)34-8-2-3-18(31)14-34)38-26(19)20-9-17-13-35(15-28(37)6-7-28)33-24(17)12-21(20)29/h4-5,9-13,18,37H,2-3,6-8,14-15,31H2/t18-/m1/s1. The van der Waals surface area contributed by atoms with Gasteiger partial charge in [0.2, 0.25) is 5.69 Å². The fraction of sp³-hybridized carbons (Fsp3) is 0.321. The Morgan fingerprint density at radius 1 is 1.21 bits per heavy atom. The number of amides is 1. The van der Waals surface area contributed by atoms with Gasteiger partial charge >= 0.3 is 0 Å². The molecule has 2 aromatic heterocycles. The monoisotopic (exact) mass is 533 g/mol. The minimum absolute atomic E-state index is 0.0908. The number of thiophene rings is 1. The molecule has 0 radical (unpaired) electrons. The van der Waals surface area contributed by atoms with Crippen molar-refractivity contribution in [3.05, 3.63) is 70.5 Å². The second kappa shape index (κ2) is 9.27. The molecule has 1 atom stereocenters. The van der Waals surface area contributed by atoms with Crippen molar-refractivity contribution >= 4 is 33.8 Å². The molecule has 194 valence electrons. The van der Waals surface area contributed by atoms with Crippen LogP contribution in [0.15, 0.2) is 42.6 Å². The molecule has 1 aliphatic heterocycles. The summed E-state index contributed by atoms with van der Waals surface area (Å²) in [7, 11) is 0. The Balaban J connectivity index is 1.46. The zero-order chi connectivity index (χ0) is 26.6. The Kier molecular flexibility index (Phi) is 6.02. The molecule has 2 aliphatic rings. The number of nitrogens with zero attached hydrogens (tertiary/aromatic N) is 4. The first-order chi connectivity index (χ1) is 18.2. The number of halogens is 2. The number of hydrogen-bond donors (Lipinski definition) is 2. The molecule has 4 aromatic rings. The number of nitrogens with two attached hydrogens (primary N) is 1. The summed E-state index contributed by atoms with van der Waals surface area (Å²) in [5.74, 6) is -1.39. The Morgan fingerprint density at radius 2 is 2.03 bits per heavy atom. The van der Waals surface area contributed by atoms with Crippen LogP contribution in [-0.4, -0.2) is 50.4 Å². The van der Waals surface area contributed by atoms with Crippen LogP contribution in [-0.2, 0) is 6.54 Å². The van der Waals surface area contributed by atoms with Gasteiger partial charge in [0.25, 0.3) is 5.91 Å². The van der Waals surface area contributed by atoms with Crippen molar-refractivity contribution in [2.45, 2.75) is 43.9 Å². The van der Waals surface area contributed by atoms with Crippen LogP contribution in [0.25, 0.3) is 37.3 Å². The van der Waals surface area contributed by atoms with E-state index in [1.807, 2.05) is 0 Å². The molecule has 38 heavy (non-hydrogen) atoms. The zero-order valence-corrected chi connectivity index (χ0v) is 21.3. The molecule has 1 saturated carbocycles. The number of benzene rings is 2. The topological polar surface area (TPSA) is 88.7 Å². The predicted octanol–water partition coefficient (Wildman–Crippen LogP) is 5.35. The van der Waals surface area contributed by atoms with E-state index in [1.165, 1.54) is 18.2 Å². The molecule has 10 heteroatoms. The van der Waals surface area contributed by atoms with E-state index in [0.717, 1.165) is 24.2 Å². The van der Waals surface area contributed by atoms with Crippen LogP contribution in [0.1, 0.15) is 35.4 Å². The van der Waals surface area contributed by atoms with Crippen molar-refractivity contribution in [2.24, 2.45) is 5.73 Å². The molecule has 1 aliphatic carbocycles. The lowest BCUT2D eigenvalue weighted by Crippen LogP contribution is -2.45. The van der Waals surface area contributed by atoms with Crippen LogP contribution in [0.5, 0.6) is 0 Å². The SMILES string of the molecule is [C-]#[N+]c1ccc(-c2cc(C(=O)N3CCC[C@@H](N)C3)sc2-c2cc3cn(CC4(O)CC4)nc3cc2F)cc1F. The number of fused-ring (bicyclic) bond motifs is 1. The molecule has 1 saturated heterocycles. The van der Waals surface area contributed by atoms with Crippen molar-refractivity contribution in [3.63, 3.8) is 0 Å². The molecule has 2 fully saturated rings. The van der Waals surface area contributed by atoms with Crippen molar-refractivity contribution < 1.29 is 18.7 Å². The van der Waals surface area contributed by atoms with Crippen LogP contribution >= 0.6 is 11.3 Å². The second-order valence-electron chi connectivity index (χ2n) is 10.2. The number of carbonyl (C=O) groups excluding carboxylic acids is 1. The van der Waals surface area contributed by atoms with Gasteiger partial charge in [-0.05, 0) is 49.4 Å². The van der Waals surface area contributed by atoms with Crippen LogP contribution in [0.2, 0.25) is 0 Å². The number of aromatic nitrogens is 2. The second-order valence-corrected chi connectivity index (χ2v) is 11.3. The summed E-state index contributed by atoms with van der Waals surface area (Å²) < 4.78 is 31.8. The third-order valence-corrected chi connectivity index (χ3v) is 8.39. The number of piperidine rings is 1. The zero-order valence-electron chi connectivity index (χ0n) is 20.5. The van der Waals surface area contributed by atoms with E-state index in [0.29, 0.717) is 64.3 Å². The highest BCUT2D eigenvalue weighted by atomic mass is 32.1. The quantitative estimate of drug-likeness (QED) is 0.339. The number of hydrogen-bond acceptors (Lipinski definition) is 5. The summed E-state index contributed by atoms with van der Waals surface area (Å²) in [6.45, 7) is 8.52. The number of rotatable bonds is 5. The Bertz CT molecular complexity index is 1620. The third-order valence-electron chi connectivity index (χ3n) is 7.24. The lowest BCUT2D eigenvalue weighted by atomic mass is 10.0. The van der Waals surface area contributed by atoms with E-state index < -0.39 is 17.2 Å². The summed E-state index contributed by atoms with van der Waals surface area (Å²) in [5, 5.41) is 15.4. The summed E-state index contributed by atoms with van der Waals surface area (Å²) >= 11 is 1.15.